The summed E-state index contributed by atoms with van der Waals surface area (Å²) in [5.41, 5.74) is 2.19. The van der Waals surface area contributed by atoms with E-state index in [1.165, 1.54) is 11.8 Å². The molecule has 0 radical (unpaired) electrons. The van der Waals surface area contributed by atoms with Crippen molar-refractivity contribution in [2.24, 2.45) is 0 Å². The molecule has 0 unspecified atom stereocenters. The van der Waals surface area contributed by atoms with Crippen LogP contribution in [-0.4, -0.2) is 34.2 Å². The van der Waals surface area contributed by atoms with E-state index in [0.717, 1.165) is 16.4 Å². The second-order valence-corrected chi connectivity index (χ2v) is 6.44. The molecule has 0 aliphatic rings. The highest BCUT2D eigenvalue weighted by Crippen LogP contribution is 2.18. The fourth-order valence-corrected chi connectivity index (χ4v) is 3.01. The van der Waals surface area contributed by atoms with Gasteiger partial charge in [0.25, 0.3) is 5.91 Å². The van der Waals surface area contributed by atoms with Gasteiger partial charge < -0.3 is 10.1 Å². The van der Waals surface area contributed by atoms with E-state index in [2.05, 4.69) is 10.3 Å². The van der Waals surface area contributed by atoms with Gasteiger partial charge in [-0.15, -0.1) is 0 Å². The molecule has 1 heterocycles. The molecule has 0 saturated heterocycles. The summed E-state index contributed by atoms with van der Waals surface area (Å²) in [6, 6.07) is 16.5. The number of thioether (sulfide) groups is 1. The summed E-state index contributed by atoms with van der Waals surface area (Å²) in [5, 5.41) is 3.42. The van der Waals surface area contributed by atoms with Gasteiger partial charge in [-0.05, 0) is 30.0 Å². The van der Waals surface area contributed by atoms with Gasteiger partial charge >= 0.3 is 5.97 Å². The number of carbonyl (C=O) groups excluding carboxylic acids is 2. The normalized spacial score (nSPS) is 10.4. The number of hydrogen-bond donors (Lipinski definition) is 1. The number of nitrogens with zero attached hydrogens (tertiary/aromatic N) is 2. The van der Waals surface area contributed by atoms with E-state index >= 15 is 0 Å². The summed E-state index contributed by atoms with van der Waals surface area (Å²) in [5.74, 6) is -0.818. The fraction of sp³-hybridized carbons (Fsp3) is 0.150. The van der Waals surface area contributed by atoms with Gasteiger partial charge in [-0.2, -0.15) is 0 Å². The molecule has 3 rings (SSSR count). The van der Waals surface area contributed by atoms with Gasteiger partial charge in [0, 0.05) is 23.6 Å². The molecule has 0 saturated carbocycles. The molecular weight excluding hydrogens is 362 g/mol. The molecule has 1 aromatic heterocycles. The third kappa shape index (κ3) is 4.98. The average molecular weight is 381 g/mol. The zero-order valence-electron chi connectivity index (χ0n) is 14.8. The van der Waals surface area contributed by atoms with E-state index in [9.17, 15) is 9.59 Å². The highest BCUT2D eigenvalue weighted by Gasteiger charge is 2.11. The van der Waals surface area contributed by atoms with Crippen molar-refractivity contribution >= 4 is 23.6 Å². The Kier molecular flexibility index (Phi) is 6.27. The lowest BCUT2D eigenvalue weighted by Crippen LogP contribution is -2.30. The quantitative estimate of drug-likeness (QED) is 0.503. The molecule has 1 amide bonds. The second-order valence-electron chi connectivity index (χ2n) is 5.66. The minimum atomic E-state index is -0.484. The van der Waals surface area contributed by atoms with E-state index in [1.54, 1.807) is 24.4 Å². The first-order valence-electron chi connectivity index (χ1n) is 8.33. The Morgan fingerprint density at radius 2 is 1.96 bits per heavy atom. The SMILES string of the molecule is CSc1nccn1-c1cccc(C(=O)NCC(=O)OCc2ccccc2)c1. The molecule has 2 aromatic carbocycles. The summed E-state index contributed by atoms with van der Waals surface area (Å²) in [6.45, 7) is 0.000150. The summed E-state index contributed by atoms with van der Waals surface area (Å²) < 4.78 is 7.06. The monoisotopic (exact) mass is 381 g/mol. The first-order valence-corrected chi connectivity index (χ1v) is 9.55. The van der Waals surface area contributed by atoms with Crippen molar-refractivity contribution in [2.75, 3.05) is 12.8 Å². The number of ether oxygens (including phenoxy) is 1. The summed E-state index contributed by atoms with van der Waals surface area (Å²) in [6.07, 6.45) is 5.49. The zero-order valence-corrected chi connectivity index (χ0v) is 15.6. The number of imidazole rings is 1. The molecular formula is C20H19N3O3S. The van der Waals surface area contributed by atoms with Crippen LogP contribution in [0.3, 0.4) is 0 Å². The number of nitrogens with one attached hydrogen (secondary N) is 1. The Hall–Kier alpha value is -3.06. The number of rotatable bonds is 7. The summed E-state index contributed by atoms with van der Waals surface area (Å²) in [7, 11) is 0. The van der Waals surface area contributed by atoms with Crippen LogP contribution in [0.15, 0.2) is 72.1 Å². The van der Waals surface area contributed by atoms with Gasteiger partial charge in [0.05, 0.1) is 0 Å². The third-order valence-electron chi connectivity index (χ3n) is 3.81. The predicted molar refractivity (Wildman–Crippen MR) is 104 cm³/mol. The van der Waals surface area contributed by atoms with Crippen LogP contribution in [0.5, 0.6) is 0 Å². The van der Waals surface area contributed by atoms with Crippen LogP contribution < -0.4 is 5.32 Å². The van der Waals surface area contributed by atoms with Gasteiger partial charge in [0.1, 0.15) is 13.2 Å². The molecule has 0 aliphatic heterocycles. The van der Waals surface area contributed by atoms with E-state index in [4.69, 9.17) is 4.74 Å². The predicted octanol–water partition coefficient (Wildman–Crippen LogP) is 3.07. The Bertz CT molecular complexity index is 925. The molecule has 0 aliphatic carbocycles. The average Bonchev–Trinajstić information content (AvgIpc) is 3.20. The van der Waals surface area contributed by atoms with Gasteiger partial charge in [-0.25, -0.2) is 4.98 Å². The minimum Gasteiger partial charge on any atom is -0.460 e. The highest BCUT2D eigenvalue weighted by atomic mass is 32.2. The van der Waals surface area contributed by atoms with Gasteiger partial charge in [-0.3, -0.25) is 14.2 Å². The summed E-state index contributed by atoms with van der Waals surface area (Å²) in [4.78, 5) is 28.4. The van der Waals surface area contributed by atoms with Crippen molar-refractivity contribution in [3.63, 3.8) is 0 Å². The van der Waals surface area contributed by atoms with E-state index in [0.29, 0.717) is 5.56 Å². The lowest BCUT2D eigenvalue weighted by molar-refractivity contribution is -0.143. The fourth-order valence-electron chi connectivity index (χ4n) is 2.48. The van der Waals surface area contributed by atoms with Crippen molar-refractivity contribution in [1.82, 2.24) is 14.9 Å². The Balaban J connectivity index is 1.56. The smallest absolute Gasteiger partial charge is 0.325 e. The van der Waals surface area contributed by atoms with Crippen LogP contribution >= 0.6 is 11.8 Å². The van der Waals surface area contributed by atoms with Crippen LogP contribution in [0.2, 0.25) is 0 Å². The number of amides is 1. The first kappa shape index (κ1) is 18.7. The van der Waals surface area contributed by atoms with E-state index in [-0.39, 0.29) is 19.1 Å². The lowest BCUT2D eigenvalue weighted by Gasteiger charge is -2.09. The van der Waals surface area contributed by atoms with Crippen LogP contribution in [-0.2, 0) is 16.1 Å². The van der Waals surface area contributed by atoms with Crippen molar-refractivity contribution in [3.8, 4) is 5.69 Å². The molecule has 1 N–H and O–H groups in total. The Labute approximate surface area is 161 Å². The van der Waals surface area contributed by atoms with Crippen molar-refractivity contribution in [3.05, 3.63) is 78.1 Å². The van der Waals surface area contributed by atoms with Crippen LogP contribution in [0, 0.1) is 0 Å². The van der Waals surface area contributed by atoms with E-state index in [1.807, 2.05) is 53.4 Å². The second kappa shape index (κ2) is 9.05. The molecule has 0 fully saturated rings. The molecule has 0 atom stereocenters. The summed E-state index contributed by atoms with van der Waals surface area (Å²) >= 11 is 1.52. The molecule has 138 valence electrons. The van der Waals surface area contributed by atoms with Crippen molar-refractivity contribution in [2.45, 2.75) is 11.8 Å². The van der Waals surface area contributed by atoms with Gasteiger partial charge in [0.2, 0.25) is 0 Å². The largest absolute Gasteiger partial charge is 0.460 e. The molecule has 3 aromatic rings. The maximum absolute atomic E-state index is 12.4. The van der Waals surface area contributed by atoms with Crippen molar-refractivity contribution < 1.29 is 14.3 Å². The number of hydrogen-bond acceptors (Lipinski definition) is 5. The van der Waals surface area contributed by atoms with Crippen LogP contribution in [0.25, 0.3) is 5.69 Å². The number of aromatic nitrogens is 2. The maximum atomic E-state index is 12.4. The van der Waals surface area contributed by atoms with Gasteiger partial charge in [-0.1, -0.05) is 48.2 Å². The molecule has 7 heteroatoms. The molecule has 0 spiro atoms. The Morgan fingerprint density at radius 1 is 1.15 bits per heavy atom. The lowest BCUT2D eigenvalue weighted by atomic mass is 10.2. The van der Waals surface area contributed by atoms with Crippen LogP contribution in [0.1, 0.15) is 15.9 Å². The van der Waals surface area contributed by atoms with Crippen LogP contribution in [0.4, 0.5) is 0 Å². The molecule has 27 heavy (non-hydrogen) atoms. The van der Waals surface area contributed by atoms with Gasteiger partial charge in [0.15, 0.2) is 5.16 Å². The topological polar surface area (TPSA) is 73.2 Å². The minimum absolute atomic E-state index is 0.184. The standard InChI is InChI=1S/C20H19N3O3S/c1-27-20-21-10-11-23(20)17-9-5-8-16(12-17)19(25)22-13-18(24)26-14-15-6-3-2-4-7-15/h2-12H,13-14H2,1H3,(H,22,25). The first-order chi connectivity index (χ1) is 13.2. The molecule has 0 bridgehead atoms. The Morgan fingerprint density at radius 3 is 2.74 bits per heavy atom. The van der Waals surface area contributed by atoms with E-state index < -0.39 is 5.97 Å². The maximum Gasteiger partial charge on any atom is 0.325 e. The number of carbonyl (C=O) groups is 2. The third-order valence-corrected chi connectivity index (χ3v) is 4.48. The zero-order chi connectivity index (χ0) is 19.1. The molecule has 6 nitrogen and oxygen atoms in total. The number of esters is 1. The van der Waals surface area contributed by atoms with Crippen molar-refractivity contribution in [1.29, 1.82) is 0 Å². The number of benzene rings is 2. The highest BCUT2D eigenvalue weighted by molar-refractivity contribution is 7.98.